The van der Waals surface area contributed by atoms with Gasteiger partial charge in [-0.1, -0.05) is 28.1 Å². The molecular formula is C15H12BrFO3S. The van der Waals surface area contributed by atoms with E-state index >= 15 is 0 Å². The number of ketones is 1. The molecule has 0 spiro atoms. The van der Waals surface area contributed by atoms with Crippen LogP contribution < -0.4 is 0 Å². The van der Waals surface area contributed by atoms with Gasteiger partial charge in [-0.15, -0.1) is 0 Å². The van der Waals surface area contributed by atoms with Crippen molar-refractivity contribution in [2.45, 2.75) is 11.3 Å². The van der Waals surface area contributed by atoms with Gasteiger partial charge in [-0.3, -0.25) is 4.79 Å². The summed E-state index contributed by atoms with van der Waals surface area (Å²) in [6, 6.07) is 11.5. The molecule has 21 heavy (non-hydrogen) atoms. The summed E-state index contributed by atoms with van der Waals surface area (Å²) in [6.07, 6.45) is -0.0317. The standard InChI is InChI=1S/C15H12BrFO3S/c16-12-3-7-15(8-4-12)21(19,20)10-14(18)9-11-1-5-13(17)6-2-11/h1-8H,9-10H2. The van der Waals surface area contributed by atoms with Crippen molar-refractivity contribution in [3.8, 4) is 0 Å². The van der Waals surface area contributed by atoms with Crippen molar-refractivity contribution in [1.29, 1.82) is 0 Å². The topological polar surface area (TPSA) is 51.2 Å². The van der Waals surface area contributed by atoms with E-state index in [2.05, 4.69) is 15.9 Å². The van der Waals surface area contributed by atoms with Crippen LogP contribution in [-0.2, 0) is 21.1 Å². The van der Waals surface area contributed by atoms with E-state index in [9.17, 15) is 17.6 Å². The smallest absolute Gasteiger partial charge is 0.185 e. The van der Waals surface area contributed by atoms with E-state index in [0.29, 0.717) is 5.56 Å². The van der Waals surface area contributed by atoms with Crippen molar-refractivity contribution in [3.05, 3.63) is 64.4 Å². The minimum Gasteiger partial charge on any atom is -0.298 e. The van der Waals surface area contributed by atoms with Gasteiger partial charge in [-0.05, 0) is 42.0 Å². The van der Waals surface area contributed by atoms with Gasteiger partial charge in [0.2, 0.25) is 0 Å². The summed E-state index contributed by atoms with van der Waals surface area (Å²) in [5.41, 5.74) is 0.590. The summed E-state index contributed by atoms with van der Waals surface area (Å²) in [5, 5.41) is 0. The maximum Gasteiger partial charge on any atom is 0.185 e. The van der Waals surface area contributed by atoms with E-state index in [4.69, 9.17) is 0 Å². The van der Waals surface area contributed by atoms with E-state index in [1.165, 1.54) is 36.4 Å². The first-order valence-corrected chi connectivity index (χ1v) is 8.56. The molecule has 2 aromatic carbocycles. The minimum absolute atomic E-state index is 0.0317. The van der Waals surface area contributed by atoms with Crippen LogP contribution in [0.25, 0.3) is 0 Å². The molecule has 0 bridgehead atoms. The van der Waals surface area contributed by atoms with Crippen LogP contribution >= 0.6 is 15.9 Å². The zero-order valence-electron chi connectivity index (χ0n) is 10.9. The zero-order chi connectivity index (χ0) is 15.5. The monoisotopic (exact) mass is 370 g/mol. The maximum absolute atomic E-state index is 12.8. The summed E-state index contributed by atoms with van der Waals surface area (Å²) in [5.74, 6) is -1.38. The molecule has 0 atom stereocenters. The van der Waals surface area contributed by atoms with E-state index in [-0.39, 0.29) is 11.3 Å². The summed E-state index contributed by atoms with van der Waals surface area (Å²) < 4.78 is 37.7. The van der Waals surface area contributed by atoms with Crippen molar-refractivity contribution in [1.82, 2.24) is 0 Å². The Bertz CT molecular complexity index is 737. The lowest BCUT2D eigenvalue weighted by Crippen LogP contribution is -2.18. The molecule has 0 aliphatic rings. The summed E-state index contributed by atoms with van der Waals surface area (Å²) in [6.45, 7) is 0. The Morgan fingerprint density at radius 2 is 1.57 bits per heavy atom. The van der Waals surface area contributed by atoms with Crippen molar-refractivity contribution in [3.63, 3.8) is 0 Å². The molecule has 2 rings (SSSR count). The third-order valence-corrected chi connectivity index (χ3v) is 5.06. The second kappa shape index (κ2) is 6.49. The molecule has 0 N–H and O–H groups in total. The molecule has 2 aromatic rings. The molecule has 3 nitrogen and oxygen atoms in total. The quantitative estimate of drug-likeness (QED) is 0.811. The highest BCUT2D eigenvalue weighted by atomic mass is 79.9. The second-order valence-corrected chi connectivity index (χ2v) is 7.46. The zero-order valence-corrected chi connectivity index (χ0v) is 13.3. The van der Waals surface area contributed by atoms with Gasteiger partial charge in [0, 0.05) is 10.9 Å². The molecule has 0 unspecified atom stereocenters. The van der Waals surface area contributed by atoms with Gasteiger partial charge in [-0.25, -0.2) is 12.8 Å². The van der Waals surface area contributed by atoms with Crippen LogP contribution in [0.2, 0.25) is 0 Å². The fourth-order valence-corrected chi connectivity index (χ4v) is 3.33. The van der Waals surface area contributed by atoms with Gasteiger partial charge >= 0.3 is 0 Å². The molecule has 0 amide bonds. The molecule has 0 radical (unpaired) electrons. The third kappa shape index (κ3) is 4.47. The van der Waals surface area contributed by atoms with E-state index < -0.39 is 27.2 Å². The van der Waals surface area contributed by atoms with Crippen molar-refractivity contribution >= 4 is 31.6 Å². The van der Waals surface area contributed by atoms with Gasteiger partial charge in [-0.2, -0.15) is 0 Å². The normalized spacial score (nSPS) is 11.3. The van der Waals surface area contributed by atoms with Gasteiger partial charge < -0.3 is 0 Å². The predicted octanol–water partition coefficient (Wildman–Crippen LogP) is 3.17. The number of carbonyl (C=O) groups is 1. The second-order valence-electron chi connectivity index (χ2n) is 4.55. The van der Waals surface area contributed by atoms with Crippen LogP contribution in [-0.4, -0.2) is 20.0 Å². The Morgan fingerprint density at radius 3 is 2.14 bits per heavy atom. The number of carbonyl (C=O) groups excluding carboxylic acids is 1. The van der Waals surface area contributed by atoms with Crippen molar-refractivity contribution in [2.24, 2.45) is 0 Å². The molecule has 0 aromatic heterocycles. The summed E-state index contributed by atoms with van der Waals surface area (Å²) in [4.78, 5) is 12.0. The lowest BCUT2D eigenvalue weighted by molar-refractivity contribution is -0.116. The highest BCUT2D eigenvalue weighted by molar-refractivity contribution is 9.10. The number of hydrogen-bond acceptors (Lipinski definition) is 3. The Balaban J connectivity index is 2.07. The minimum atomic E-state index is -3.65. The molecule has 0 saturated heterocycles. The van der Waals surface area contributed by atoms with Crippen LogP contribution in [0.15, 0.2) is 57.9 Å². The molecule has 0 fully saturated rings. The number of halogens is 2. The first-order chi connectivity index (χ1) is 9.87. The van der Waals surface area contributed by atoms with Crippen molar-refractivity contribution in [2.75, 3.05) is 5.75 Å². The highest BCUT2D eigenvalue weighted by Gasteiger charge is 2.19. The van der Waals surface area contributed by atoms with Gasteiger partial charge in [0.05, 0.1) is 4.90 Å². The van der Waals surface area contributed by atoms with Gasteiger partial charge in [0.1, 0.15) is 11.6 Å². The molecule has 0 heterocycles. The maximum atomic E-state index is 12.8. The molecule has 6 heteroatoms. The average Bonchev–Trinajstić information content (AvgIpc) is 2.41. The lowest BCUT2D eigenvalue weighted by atomic mass is 10.1. The molecule has 110 valence electrons. The molecule has 0 aliphatic heterocycles. The molecular weight excluding hydrogens is 359 g/mol. The first-order valence-electron chi connectivity index (χ1n) is 6.11. The summed E-state index contributed by atoms with van der Waals surface area (Å²) >= 11 is 3.22. The van der Waals surface area contributed by atoms with Crippen molar-refractivity contribution < 1.29 is 17.6 Å². The number of hydrogen-bond donors (Lipinski definition) is 0. The van der Waals surface area contributed by atoms with E-state index in [1.807, 2.05) is 0 Å². The fraction of sp³-hybridized carbons (Fsp3) is 0.133. The van der Waals surface area contributed by atoms with Crippen LogP contribution in [0.5, 0.6) is 0 Å². The molecule has 0 saturated carbocycles. The SMILES string of the molecule is O=C(Cc1ccc(F)cc1)CS(=O)(=O)c1ccc(Br)cc1. The predicted molar refractivity (Wildman–Crippen MR) is 81.3 cm³/mol. The number of Topliss-reactive ketones (excluding diaryl/α,β-unsaturated/α-hetero) is 1. The third-order valence-electron chi connectivity index (χ3n) is 2.84. The van der Waals surface area contributed by atoms with E-state index in [1.54, 1.807) is 12.1 Å². The lowest BCUT2D eigenvalue weighted by Gasteiger charge is -2.04. The Kier molecular flexibility index (Phi) is 4.90. The van der Waals surface area contributed by atoms with E-state index in [0.717, 1.165) is 4.47 Å². The van der Waals surface area contributed by atoms with Crippen LogP contribution in [0.1, 0.15) is 5.56 Å². The van der Waals surface area contributed by atoms with Gasteiger partial charge in [0.25, 0.3) is 0 Å². The van der Waals surface area contributed by atoms with Crippen LogP contribution in [0.4, 0.5) is 4.39 Å². The first kappa shape index (κ1) is 15.9. The number of benzene rings is 2. The Labute approximate surface area is 130 Å². The fourth-order valence-electron chi connectivity index (χ4n) is 1.82. The van der Waals surface area contributed by atoms with Gasteiger partial charge in [0.15, 0.2) is 15.6 Å². The van der Waals surface area contributed by atoms with Crippen LogP contribution in [0, 0.1) is 5.82 Å². The number of rotatable bonds is 5. The van der Waals surface area contributed by atoms with Crippen LogP contribution in [0.3, 0.4) is 0 Å². The molecule has 0 aliphatic carbocycles. The highest BCUT2D eigenvalue weighted by Crippen LogP contribution is 2.16. The summed E-state index contributed by atoms with van der Waals surface area (Å²) in [7, 11) is -3.65. The number of sulfone groups is 1. The Hall–Kier alpha value is -1.53. The average molecular weight is 371 g/mol. The largest absolute Gasteiger partial charge is 0.298 e. The Morgan fingerprint density at radius 1 is 1.00 bits per heavy atom.